The maximum Gasteiger partial charge on any atom is 0.260 e. The van der Waals surface area contributed by atoms with Crippen molar-refractivity contribution in [2.75, 3.05) is 6.61 Å². The Labute approximate surface area is 154 Å². The van der Waals surface area contributed by atoms with Crippen molar-refractivity contribution in [3.05, 3.63) is 33.9 Å². The Morgan fingerprint density at radius 1 is 1.27 bits per heavy atom. The van der Waals surface area contributed by atoms with Crippen molar-refractivity contribution in [1.82, 2.24) is 14.5 Å². The molecule has 1 aliphatic rings. The number of aryl methyl sites for hydroxylation is 3. The van der Waals surface area contributed by atoms with E-state index in [4.69, 9.17) is 4.74 Å². The molecule has 26 heavy (non-hydrogen) atoms. The van der Waals surface area contributed by atoms with Crippen LogP contribution in [0, 0.1) is 6.92 Å². The van der Waals surface area contributed by atoms with E-state index in [-0.39, 0.29) is 23.6 Å². The summed E-state index contributed by atoms with van der Waals surface area (Å²) >= 11 is 0. The number of aromatic nitrogens is 2. The van der Waals surface area contributed by atoms with E-state index in [2.05, 4.69) is 12.2 Å². The van der Waals surface area contributed by atoms with Gasteiger partial charge in [-0.1, -0.05) is 13.3 Å². The molecule has 0 spiro atoms. The van der Waals surface area contributed by atoms with Crippen molar-refractivity contribution in [1.29, 1.82) is 0 Å². The summed E-state index contributed by atoms with van der Waals surface area (Å²) in [6, 6.07) is 0.109. The first-order valence-corrected chi connectivity index (χ1v) is 9.50. The average molecular weight is 359 g/mol. The zero-order valence-corrected chi connectivity index (χ0v) is 16.2. The molecular formula is C20H29N3O3. The van der Waals surface area contributed by atoms with Crippen LogP contribution in [0.3, 0.4) is 0 Å². The Bertz CT molecular complexity index is 865. The van der Waals surface area contributed by atoms with Crippen LogP contribution >= 0.6 is 0 Å². The number of nitrogens with one attached hydrogen (secondary N) is 1. The van der Waals surface area contributed by atoms with Crippen LogP contribution in [0.15, 0.2) is 17.2 Å². The molecule has 1 N–H and O–H groups in total. The number of amides is 1. The summed E-state index contributed by atoms with van der Waals surface area (Å²) in [6.45, 7) is 4.90. The maximum atomic E-state index is 12.9. The minimum Gasteiger partial charge on any atom is -0.378 e. The lowest BCUT2D eigenvalue weighted by molar-refractivity contribution is 0.0546. The number of carbonyl (C=O) groups is 1. The number of carbonyl (C=O) groups excluding carboxylic acids is 1. The third-order valence-electron chi connectivity index (χ3n) is 5.29. The molecule has 1 saturated carbocycles. The molecular weight excluding hydrogens is 330 g/mol. The fourth-order valence-corrected chi connectivity index (χ4v) is 3.96. The molecule has 0 saturated heterocycles. The number of ether oxygens (including phenoxy) is 1. The third kappa shape index (κ3) is 3.56. The van der Waals surface area contributed by atoms with Crippen LogP contribution < -0.4 is 10.9 Å². The molecule has 6 nitrogen and oxygen atoms in total. The van der Waals surface area contributed by atoms with Crippen LogP contribution in [0.2, 0.25) is 0 Å². The van der Waals surface area contributed by atoms with Gasteiger partial charge in [-0.15, -0.1) is 0 Å². The summed E-state index contributed by atoms with van der Waals surface area (Å²) in [6.07, 6.45) is 8.75. The molecule has 3 rings (SSSR count). The van der Waals surface area contributed by atoms with Gasteiger partial charge in [0.2, 0.25) is 0 Å². The molecule has 2 aromatic rings. The van der Waals surface area contributed by atoms with Crippen LogP contribution in [0.4, 0.5) is 0 Å². The second kappa shape index (κ2) is 7.66. The highest BCUT2D eigenvalue weighted by Crippen LogP contribution is 2.24. The van der Waals surface area contributed by atoms with Crippen molar-refractivity contribution in [3.8, 4) is 0 Å². The first-order valence-electron chi connectivity index (χ1n) is 9.50. The summed E-state index contributed by atoms with van der Waals surface area (Å²) in [5.74, 6) is -0.169. The van der Waals surface area contributed by atoms with Crippen molar-refractivity contribution < 1.29 is 9.53 Å². The molecule has 2 aromatic heterocycles. The van der Waals surface area contributed by atoms with E-state index >= 15 is 0 Å². The summed E-state index contributed by atoms with van der Waals surface area (Å²) in [5, 5.41) is 3.61. The first-order chi connectivity index (χ1) is 12.4. The Hall–Kier alpha value is -2.08. The van der Waals surface area contributed by atoms with Crippen LogP contribution in [-0.2, 0) is 18.8 Å². The highest BCUT2D eigenvalue weighted by atomic mass is 16.5. The molecule has 0 aliphatic heterocycles. The van der Waals surface area contributed by atoms with Gasteiger partial charge in [-0.3, -0.25) is 9.59 Å². The Morgan fingerprint density at radius 3 is 2.77 bits per heavy atom. The zero-order chi connectivity index (χ0) is 18.8. The topological polar surface area (TPSA) is 65.3 Å². The lowest BCUT2D eigenvalue weighted by Crippen LogP contribution is -2.34. The van der Waals surface area contributed by atoms with Gasteiger partial charge < -0.3 is 19.2 Å². The SMILES string of the molecule is CCCCOC1CCC(NC(=O)c2cn(C)c3c(C)cn(C)c(=O)c23)C1. The third-order valence-corrected chi connectivity index (χ3v) is 5.29. The van der Waals surface area contributed by atoms with Gasteiger partial charge >= 0.3 is 0 Å². The highest BCUT2D eigenvalue weighted by Gasteiger charge is 2.28. The van der Waals surface area contributed by atoms with Gasteiger partial charge in [-0.2, -0.15) is 0 Å². The molecule has 0 aromatic carbocycles. The van der Waals surface area contributed by atoms with Gasteiger partial charge in [0.15, 0.2) is 0 Å². The van der Waals surface area contributed by atoms with Crippen molar-refractivity contribution >= 4 is 16.8 Å². The number of unbranched alkanes of at least 4 members (excludes halogenated alkanes) is 1. The summed E-state index contributed by atoms with van der Waals surface area (Å²) in [4.78, 5) is 25.5. The van der Waals surface area contributed by atoms with Crippen LogP contribution in [0.1, 0.15) is 54.9 Å². The molecule has 0 bridgehead atoms. The number of pyridine rings is 1. The molecule has 2 heterocycles. The maximum absolute atomic E-state index is 12.9. The Balaban J connectivity index is 1.76. The second-order valence-corrected chi connectivity index (χ2v) is 7.44. The predicted octanol–water partition coefficient (Wildman–Crippen LogP) is 2.65. The van der Waals surface area contributed by atoms with Crippen molar-refractivity contribution in [2.45, 2.75) is 58.1 Å². The zero-order valence-electron chi connectivity index (χ0n) is 16.2. The van der Waals surface area contributed by atoms with E-state index < -0.39 is 0 Å². The van der Waals surface area contributed by atoms with E-state index in [0.717, 1.165) is 49.8 Å². The van der Waals surface area contributed by atoms with E-state index in [1.54, 1.807) is 17.8 Å². The lowest BCUT2D eigenvalue weighted by atomic mass is 10.1. The Morgan fingerprint density at radius 2 is 2.04 bits per heavy atom. The molecule has 6 heteroatoms. The number of hydrogen-bond donors (Lipinski definition) is 1. The Kier molecular flexibility index (Phi) is 5.51. The van der Waals surface area contributed by atoms with E-state index in [1.807, 2.05) is 24.7 Å². The number of rotatable bonds is 6. The van der Waals surface area contributed by atoms with Crippen LogP contribution in [0.25, 0.3) is 10.9 Å². The largest absolute Gasteiger partial charge is 0.378 e. The minimum atomic E-state index is -0.169. The standard InChI is InChI=1S/C20H29N3O3/c1-5-6-9-26-15-8-7-14(10-15)21-19(24)16-12-22(3)18-13(2)11-23(4)20(25)17(16)18/h11-12,14-15H,5-10H2,1-4H3,(H,21,24). The molecule has 142 valence electrons. The normalized spacial score (nSPS) is 20.0. The highest BCUT2D eigenvalue weighted by molar-refractivity contribution is 6.07. The fourth-order valence-electron chi connectivity index (χ4n) is 3.96. The van der Waals surface area contributed by atoms with Crippen LogP contribution in [0.5, 0.6) is 0 Å². The minimum absolute atomic E-state index is 0.109. The number of nitrogens with zero attached hydrogens (tertiary/aromatic N) is 2. The average Bonchev–Trinajstić information content (AvgIpc) is 3.17. The smallest absolute Gasteiger partial charge is 0.260 e. The molecule has 1 fully saturated rings. The molecule has 2 atom stereocenters. The second-order valence-electron chi connectivity index (χ2n) is 7.44. The van der Waals surface area contributed by atoms with Gasteiger partial charge in [0.1, 0.15) is 0 Å². The monoisotopic (exact) mass is 359 g/mol. The molecule has 2 unspecified atom stereocenters. The van der Waals surface area contributed by atoms with Crippen LogP contribution in [-0.4, -0.2) is 33.8 Å². The fraction of sp³-hybridized carbons (Fsp3) is 0.600. The van der Waals surface area contributed by atoms with Gasteiger partial charge in [0.25, 0.3) is 11.5 Å². The quantitative estimate of drug-likeness (QED) is 0.807. The summed E-state index contributed by atoms with van der Waals surface area (Å²) in [7, 11) is 3.59. The van der Waals surface area contributed by atoms with E-state index in [0.29, 0.717) is 10.9 Å². The van der Waals surface area contributed by atoms with E-state index in [1.165, 1.54) is 0 Å². The number of hydrogen-bond acceptors (Lipinski definition) is 3. The molecule has 0 radical (unpaired) electrons. The van der Waals surface area contributed by atoms with E-state index in [9.17, 15) is 9.59 Å². The van der Waals surface area contributed by atoms with Crippen molar-refractivity contribution in [3.63, 3.8) is 0 Å². The predicted molar refractivity (Wildman–Crippen MR) is 103 cm³/mol. The number of fused-ring (bicyclic) bond motifs is 1. The molecule has 1 aliphatic carbocycles. The van der Waals surface area contributed by atoms with Gasteiger partial charge in [-0.05, 0) is 38.2 Å². The van der Waals surface area contributed by atoms with Gasteiger partial charge in [0, 0.05) is 39.1 Å². The van der Waals surface area contributed by atoms with Crippen molar-refractivity contribution in [2.24, 2.45) is 14.1 Å². The molecule has 1 amide bonds. The van der Waals surface area contributed by atoms with Gasteiger partial charge in [0.05, 0.1) is 22.6 Å². The first kappa shape index (κ1) is 18.7. The van der Waals surface area contributed by atoms with Gasteiger partial charge in [-0.25, -0.2) is 0 Å². The summed E-state index contributed by atoms with van der Waals surface area (Å²) < 4.78 is 9.29. The lowest BCUT2D eigenvalue weighted by Gasteiger charge is -2.14. The summed E-state index contributed by atoms with van der Waals surface area (Å²) in [5.41, 5.74) is 2.13.